The van der Waals surface area contributed by atoms with Crippen LogP contribution in [0.15, 0.2) is 24.3 Å². The maximum Gasteiger partial charge on any atom is 0.326 e. The van der Waals surface area contributed by atoms with Crippen molar-refractivity contribution in [1.29, 1.82) is 0 Å². The Labute approximate surface area is 120 Å². The van der Waals surface area contributed by atoms with Crippen molar-refractivity contribution >= 4 is 17.8 Å². The zero-order chi connectivity index (χ0) is 15.6. The van der Waals surface area contributed by atoms with Crippen molar-refractivity contribution in [2.45, 2.75) is 30.7 Å². The van der Waals surface area contributed by atoms with Gasteiger partial charge in [0.25, 0.3) is 0 Å². The van der Waals surface area contributed by atoms with Crippen LogP contribution >= 0.6 is 0 Å². The van der Waals surface area contributed by atoms with E-state index in [-0.39, 0.29) is 0 Å². The van der Waals surface area contributed by atoms with Crippen LogP contribution in [0.5, 0.6) is 0 Å². The Morgan fingerprint density at radius 2 is 1.86 bits per heavy atom. The first-order chi connectivity index (χ1) is 9.85. The minimum atomic E-state index is -1.35. The standard InChI is InChI=1S/C14H15FN2O4/c15-9-3-1-8(2-4-9)14(5-6-14)13(21)17-10(12(19)20)7-11(16)18/h1-4,10H,5-7H2,(H2,16,18)(H,17,21)(H,19,20)/t10-/m0/s1. The molecule has 7 heteroatoms. The number of primary amides is 1. The van der Waals surface area contributed by atoms with Gasteiger partial charge in [-0.2, -0.15) is 0 Å². The predicted octanol–water partition coefficient (Wildman–Crippen LogP) is 0.302. The Morgan fingerprint density at radius 3 is 2.29 bits per heavy atom. The monoisotopic (exact) mass is 294 g/mol. The highest BCUT2D eigenvalue weighted by molar-refractivity contribution is 5.95. The van der Waals surface area contributed by atoms with Crippen LogP contribution in [0, 0.1) is 5.82 Å². The summed E-state index contributed by atoms with van der Waals surface area (Å²) in [6, 6.07) is 4.16. The van der Waals surface area contributed by atoms with Crippen LogP contribution in [0.2, 0.25) is 0 Å². The number of aliphatic carboxylic acids is 1. The smallest absolute Gasteiger partial charge is 0.326 e. The fourth-order valence-electron chi connectivity index (χ4n) is 2.24. The van der Waals surface area contributed by atoms with E-state index in [4.69, 9.17) is 10.8 Å². The molecule has 0 aliphatic heterocycles. The number of carbonyl (C=O) groups excluding carboxylic acids is 2. The van der Waals surface area contributed by atoms with Crippen LogP contribution in [-0.4, -0.2) is 28.9 Å². The van der Waals surface area contributed by atoms with Gasteiger partial charge in [0.05, 0.1) is 11.8 Å². The molecule has 1 atom stereocenters. The molecule has 0 saturated heterocycles. The maximum absolute atomic E-state index is 12.9. The van der Waals surface area contributed by atoms with Gasteiger partial charge in [0.15, 0.2) is 0 Å². The molecule has 1 aromatic rings. The lowest BCUT2D eigenvalue weighted by molar-refractivity contribution is -0.143. The molecule has 0 heterocycles. The van der Waals surface area contributed by atoms with Crippen LogP contribution in [0.4, 0.5) is 4.39 Å². The first-order valence-corrected chi connectivity index (χ1v) is 6.43. The number of carboxylic acid groups (broad SMARTS) is 1. The second-order valence-electron chi connectivity index (χ2n) is 5.12. The molecule has 6 nitrogen and oxygen atoms in total. The third kappa shape index (κ3) is 3.18. The number of hydrogen-bond acceptors (Lipinski definition) is 3. The summed E-state index contributed by atoms with van der Waals surface area (Å²) in [5.41, 5.74) is 4.76. The van der Waals surface area contributed by atoms with E-state index in [1.807, 2.05) is 0 Å². The summed E-state index contributed by atoms with van der Waals surface area (Å²) in [6.45, 7) is 0. The fourth-order valence-corrected chi connectivity index (χ4v) is 2.24. The average Bonchev–Trinajstić information content (AvgIpc) is 3.19. The molecular formula is C14H15FN2O4. The summed E-state index contributed by atoms with van der Waals surface area (Å²) in [5, 5.41) is 11.3. The summed E-state index contributed by atoms with van der Waals surface area (Å²) in [5.74, 6) is -3.03. The van der Waals surface area contributed by atoms with Crippen molar-refractivity contribution in [3.63, 3.8) is 0 Å². The lowest BCUT2D eigenvalue weighted by Crippen LogP contribution is -2.47. The predicted molar refractivity (Wildman–Crippen MR) is 70.7 cm³/mol. The molecule has 112 valence electrons. The second-order valence-corrected chi connectivity index (χ2v) is 5.12. The Morgan fingerprint density at radius 1 is 1.29 bits per heavy atom. The number of amides is 2. The third-order valence-electron chi connectivity index (χ3n) is 3.59. The molecule has 1 aliphatic carbocycles. The number of nitrogens with two attached hydrogens (primary N) is 1. The first-order valence-electron chi connectivity index (χ1n) is 6.43. The van der Waals surface area contributed by atoms with Gasteiger partial charge in [-0.25, -0.2) is 9.18 Å². The van der Waals surface area contributed by atoms with E-state index in [9.17, 15) is 18.8 Å². The van der Waals surface area contributed by atoms with Crippen LogP contribution in [0.1, 0.15) is 24.8 Å². The first kappa shape index (κ1) is 15.0. The number of rotatable bonds is 6. The van der Waals surface area contributed by atoms with E-state index in [1.165, 1.54) is 24.3 Å². The van der Waals surface area contributed by atoms with Crippen LogP contribution in [0.25, 0.3) is 0 Å². The topological polar surface area (TPSA) is 109 Å². The molecule has 0 unspecified atom stereocenters. The molecule has 1 fully saturated rings. The highest BCUT2D eigenvalue weighted by Gasteiger charge is 2.52. The van der Waals surface area contributed by atoms with Crippen molar-refractivity contribution < 1.29 is 23.9 Å². The zero-order valence-electron chi connectivity index (χ0n) is 11.1. The molecule has 1 aromatic carbocycles. The van der Waals surface area contributed by atoms with Crippen molar-refractivity contribution in [2.75, 3.05) is 0 Å². The van der Waals surface area contributed by atoms with Crippen LogP contribution in [-0.2, 0) is 19.8 Å². The minimum absolute atomic E-state index is 0.410. The summed E-state index contributed by atoms with van der Waals surface area (Å²) < 4.78 is 12.9. The van der Waals surface area contributed by atoms with Gasteiger partial charge < -0.3 is 16.2 Å². The molecule has 0 spiro atoms. The van der Waals surface area contributed by atoms with Gasteiger partial charge in [0, 0.05) is 0 Å². The van der Waals surface area contributed by atoms with E-state index < -0.39 is 41.5 Å². The summed E-state index contributed by atoms with van der Waals surface area (Å²) in [7, 11) is 0. The Bertz CT molecular complexity index is 581. The van der Waals surface area contributed by atoms with Crippen molar-refractivity contribution in [3.05, 3.63) is 35.6 Å². The Hall–Kier alpha value is -2.44. The SMILES string of the molecule is NC(=O)C[C@H](NC(=O)C1(c2ccc(F)cc2)CC1)C(=O)O. The molecule has 2 rings (SSSR count). The normalized spacial score (nSPS) is 16.8. The molecule has 1 aliphatic rings. The molecule has 1 saturated carbocycles. The molecule has 0 bridgehead atoms. The Kier molecular flexibility index (Phi) is 3.93. The van der Waals surface area contributed by atoms with Gasteiger partial charge in [-0.1, -0.05) is 12.1 Å². The van der Waals surface area contributed by atoms with E-state index in [2.05, 4.69) is 5.32 Å². The summed E-state index contributed by atoms with van der Waals surface area (Å²) in [4.78, 5) is 34.1. The van der Waals surface area contributed by atoms with Gasteiger partial charge in [-0.15, -0.1) is 0 Å². The molecule has 0 aromatic heterocycles. The second kappa shape index (κ2) is 5.51. The van der Waals surface area contributed by atoms with E-state index >= 15 is 0 Å². The summed E-state index contributed by atoms with van der Waals surface area (Å²) in [6.07, 6.45) is 0.626. The van der Waals surface area contributed by atoms with Crippen LogP contribution < -0.4 is 11.1 Å². The van der Waals surface area contributed by atoms with Crippen molar-refractivity contribution in [3.8, 4) is 0 Å². The minimum Gasteiger partial charge on any atom is -0.480 e. The van der Waals surface area contributed by atoms with Gasteiger partial charge in [-0.3, -0.25) is 9.59 Å². The number of halogens is 1. The van der Waals surface area contributed by atoms with Gasteiger partial charge in [-0.05, 0) is 30.5 Å². The number of hydrogen-bond donors (Lipinski definition) is 3. The number of carbonyl (C=O) groups is 3. The average molecular weight is 294 g/mol. The molecule has 4 N–H and O–H groups in total. The van der Waals surface area contributed by atoms with Crippen LogP contribution in [0.3, 0.4) is 0 Å². The number of carboxylic acids is 1. The Balaban J connectivity index is 2.13. The van der Waals surface area contributed by atoms with Crippen molar-refractivity contribution in [2.24, 2.45) is 5.73 Å². The quantitative estimate of drug-likeness (QED) is 0.701. The zero-order valence-corrected chi connectivity index (χ0v) is 11.1. The molecule has 21 heavy (non-hydrogen) atoms. The lowest BCUT2D eigenvalue weighted by atomic mass is 9.94. The van der Waals surface area contributed by atoms with Gasteiger partial charge in [0.2, 0.25) is 11.8 Å². The molecular weight excluding hydrogens is 279 g/mol. The van der Waals surface area contributed by atoms with Gasteiger partial charge >= 0.3 is 5.97 Å². The number of benzene rings is 1. The number of nitrogens with one attached hydrogen (secondary N) is 1. The highest BCUT2D eigenvalue weighted by Crippen LogP contribution is 2.48. The van der Waals surface area contributed by atoms with E-state index in [1.54, 1.807) is 0 Å². The summed E-state index contributed by atoms with van der Waals surface area (Å²) >= 11 is 0. The maximum atomic E-state index is 12.9. The van der Waals surface area contributed by atoms with E-state index in [0.717, 1.165) is 0 Å². The fraction of sp³-hybridized carbons (Fsp3) is 0.357. The highest BCUT2D eigenvalue weighted by atomic mass is 19.1. The van der Waals surface area contributed by atoms with Crippen molar-refractivity contribution in [1.82, 2.24) is 5.32 Å². The lowest BCUT2D eigenvalue weighted by Gasteiger charge is -2.19. The molecule has 0 radical (unpaired) electrons. The van der Waals surface area contributed by atoms with E-state index in [0.29, 0.717) is 18.4 Å². The third-order valence-corrected chi connectivity index (χ3v) is 3.59. The van der Waals surface area contributed by atoms with Gasteiger partial charge in [0.1, 0.15) is 11.9 Å². The molecule has 2 amide bonds. The largest absolute Gasteiger partial charge is 0.480 e.